The molecule has 0 saturated carbocycles. The summed E-state index contributed by atoms with van der Waals surface area (Å²) in [6, 6.07) is 7.95. The molecule has 0 aliphatic heterocycles. The smallest absolute Gasteiger partial charge is 0.267 e. The molecule has 0 heterocycles. The van der Waals surface area contributed by atoms with Gasteiger partial charge in [0, 0.05) is 12.6 Å². The van der Waals surface area contributed by atoms with E-state index < -0.39 is 5.91 Å². The van der Waals surface area contributed by atoms with E-state index in [1.54, 1.807) is 11.6 Å². The molecule has 92 valence electrons. The molecule has 0 fully saturated rings. The molecule has 1 aromatic rings. The van der Waals surface area contributed by atoms with Gasteiger partial charge in [0.05, 0.1) is 0 Å². The van der Waals surface area contributed by atoms with Crippen molar-refractivity contribution in [1.82, 2.24) is 10.4 Å². The van der Waals surface area contributed by atoms with Gasteiger partial charge in [0.1, 0.15) is 0 Å². The standard InChI is InChI=1S/C13H18N2O2/c1-3-15(2)10-12-6-4-11(5-7-12)8-9-13(16)14-17/h4-9,17H,3,10H2,1-2H3,(H,14,16)/b9-8+. The van der Waals surface area contributed by atoms with E-state index in [1.807, 2.05) is 24.3 Å². The van der Waals surface area contributed by atoms with Crippen LogP contribution in [-0.2, 0) is 11.3 Å². The molecule has 4 nitrogen and oxygen atoms in total. The van der Waals surface area contributed by atoms with Gasteiger partial charge in [0.25, 0.3) is 5.91 Å². The van der Waals surface area contributed by atoms with Gasteiger partial charge in [-0.2, -0.15) is 0 Å². The Morgan fingerprint density at radius 3 is 2.59 bits per heavy atom. The monoisotopic (exact) mass is 234 g/mol. The van der Waals surface area contributed by atoms with Gasteiger partial charge in [-0.05, 0) is 30.8 Å². The predicted octanol–water partition coefficient (Wildman–Crippen LogP) is 1.66. The van der Waals surface area contributed by atoms with E-state index in [0.717, 1.165) is 18.7 Å². The molecule has 0 spiro atoms. The first-order valence-corrected chi connectivity index (χ1v) is 5.55. The zero-order chi connectivity index (χ0) is 12.7. The van der Waals surface area contributed by atoms with Crippen LogP contribution in [0.4, 0.5) is 0 Å². The van der Waals surface area contributed by atoms with Gasteiger partial charge in [-0.3, -0.25) is 10.0 Å². The molecule has 0 atom stereocenters. The summed E-state index contributed by atoms with van der Waals surface area (Å²) < 4.78 is 0. The number of amides is 1. The Morgan fingerprint density at radius 2 is 2.06 bits per heavy atom. The number of nitrogens with zero attached hydrogens (tertiary/aromatic N) is 1. The maximum atomic E-state index is 10.8. The molecule has 1 rings (SSSR count). The topological polar surface area (TPSA) is 52.6 Å². The van der Waals surface area contributed by atoms with Crippen LogP contribution in [0.1, 0.15) is 18.1 Å². The van der Waals surface area contributed by atoms with Crippen molar-refractivity contribution >= 4 is 12.0 Å². The van der Waals surface area contributed by atoms with Gasteiger partial charge in [-0.15, -0.1) is 0 Å². The fraction of sp³-hybridized carbons (Fsp3) is 0.308. The maximum absolute atomic E-state index is 10.8. The van der Waals surface area contributed by atoms with E-state index in [1.165, 1.54) is 11.6 Å². The second-order valence-electron chi connectivity index (χ2n) is 3.88. The third kappa shape index (κ3) is 4.80. The Bertz CT molecular complexity index is 385. The number of carbonyl (C=O) groups excluding carboxylic acids is 1. The van der Waals surface area contributed by atoms with E-state index in [0.29, 0.717) is 0 Å². The summed E-state index contributed by atoms with van der Waals surface area (Å²) in [6.45, 7) is 4.04. The van der Waals surface area contributed by atoms with Crippen LogP contribution in [0, 0.1) is 0 Å². The molecule has 17 heavy (non-hydrogen) atoms. The Labute approximate surface area is 102 Å². The van der Waals surface area contributed by atoms with Gasteiger partial charge in [0.15, 0.2) is 0 Å². The zero-order valence-electron chi connectivity index (χ0n) is 10.2. The Balaban J connectivity index is 2.62. The highest BCUT2D eigenvalue weighted by Gasteiger charge is 1.97. The highest BCUT2D eigenvalue weighted by Crippen LogP contribution is 2.08. The average molecular weight is 234 g/mol. The second kappa shape index (κ2) is 6.83. The number of hydroxylamine groups is 1. The molecular formula is C13H18N2O2. The van der Waals surface area contributed by atoms with Crippen molar-refractivity contribution in [3.05, 3.63) is 41.5 Å². The number of carbonyl (C=O) groups is 1. The van der Waals surface area contributed by atoms with Crippen molar-refractivity contribution < 1.29 is 10.0 Å². The number of hydrogen-bond donors (Lipinski definition) is 2. The van der Waals surface area contributed by atoms with Crippen LogP contribution in [0.2, 0.25) is 0 Å². The minimum absolute atomic E-state index is 0.528. The average Bonchev–Trinajstić information content (AvgIpc) is 2.37. The minimum Gasteiger partial charge on any atom is -0.302 e. The van der Waals surface area contributed by atoms with Crippen LogP contribution in [0.5, 0.6) is 0 Å². The Kier molecular flexibility index (Phi) is 5.39. The molecule has 0 saturated heterocycles. The summed E-state index contributed by atoms with van der Waals surface area (Å²) in [6.07, 6.45) is 2.94. The molecule has 0 radical (unpaired) electrons. The minimum atomic E-state index is -0.528. The molecule has 1 aromatic carbocycles. The predicted molar refractivity (Wildman–Crippen MR) is 67.4 cm³/mol. The van der Waals surface area contributed by atoms with Gasteiger partial charge in [-0.1, -0.05) is 31.2 Å². The lowest BCUT2D eigenvalue weighted by Crippen LogP contribution is -2.16. The van der Waals surface area contributed by atoms with Gasteiger partial charge < -0.3 is 4.90 Å². The van der Waals surface area contributed by atoms with Crippen LogP contribution >= 0.6 is 0 Å². The van der Waals surface area contributed by atoms with Crippen molar-refractivity contribution in [2.24, 2.45) is 0 Å². The van der Waals surface area contributed by atoms with Crippen molar-refractivity contribution in [2.75, 3.05) is 13.6 Å². The van der Waals surface area contributed by atoms with Crippen LogP contribution < -0.4 is 5.48 Å². The lowest BCUT2D eigenvalue weighted by molar-refractivity contribution is -0.124. The third-order valence-electron chi connectivity index (χ3n) is 2.51. The summed E-state index contributed by atoms with van der Waals surface area (Å²) in [5.41, 5.74) is 3.71. The number of rotatable bonds is 5. The first-order valence-electron chi connectivity index (χ1n) is 5.55. The van der Waals surface area contributed by atoms with Crippen molar-refractivity contribution in [3.63, 3.8) is 0 Å². The first kappa shape index (κ1) is 13.4. The highest BCUT2D eigenvalue weighted by molar-refractivity contribution is 5.90. The van der Waals surface area contributed by atoms with Crippen molar-refractivity contribution in [3.8, 4) is 0 Å². The summed E-state index contributed by atoms with van der Waals surface area (Å²) >= 11 is 0. The third-order valence-corrected chi connectivity index (χ3v) is 2.51. The first-order chi connectivity index (χ1) is 8.15. The number of benzene rings is 1. The summed E-state index contributed by atoms with van der Waals surface area (Å²) in [7, 11) is 2.07. The fourth-order valence-electron chi connectivity index (χ4n) is 1.37. The van der Waals surface area contributed by atoms with E-state index in [4.69, 9.17) is 5.21 Å². The molecule has 2 N–H and O–H groups in total. The molecular weight excluding hydrogens is 216 g/mol. The van der Waals surface area contributed by atoms with Gasteiger partial charge in [-0.25, -0.2) is 5.48 Å². The normalized spacial score (nSPS) is 11.1. The Hall–Kier alpha value is -1.65. The molecule has 0 bridgehead atoms. The van der Waals surface area contributed by atoms with Gasteiger partial charge >= 0.3 is 0 Å². The largest absolute Gasteiger partial charge is 0.302 e. The highest BCUT2D eigenvalue weighted by atomic mass is 16.5. The van der Waals surface area contributed by atoms with Crippen molar-refractivity contribution in [2.45, 2.75) is 13.5 Å². The van der Waals surface area contributed by atoms with E-state index in [2.05, 4.69) is 18.9 Å². The number of hydrogen-bond acceptors (Lipinski definition) is 3. The van der Waals surface area contributed by atoms with Crippen LogP contribution in [-0.4, -0.2) is 29.6 Å². The molecule has 1 amide bonds. The van der Waals surface area contributed by atoms with E-state index >= 15 is 0 Å². The lowest BCUT2D eigenvalue weighted by Gasteiger charge is -2.13. The van der Waals surface area contributed by atoms with Gasteiger partial charge in [0.2, 0.25) is 0 Å². The molecule has 0 aliphatic rings. The quantitative estimate of drug-likeness (QED) is 0.463. The van der Waals surface area contributed by atoms with E-state index in [9.17, 15) is 4.79 Å². The molecule has 0 aromatic heterocycles. The number of nitrogens with one attached hydrogen (secondary N) is 1. The molecule has 4 heteroatoms. The summed E-state index contributed by atoms with van der Waals surface area (Å²) in [5.74, 6) is -0.528. The molecule has 0 unspecified atom stereocenters. The lowest BCUT2D eigenvalue weighted by atomic mass is 10.1. The van der Waals surface area contributed by atoms with Crippen LogP contribution in [0.25, 0.3) is 6.08 Å². The van der Waals surface area contributed by atoms with Crippen LogP contribution in [0.3, 0.4) is 0 Å². The van der Waals surface area contributed by atoms with Crippen LogP contribution in [0.15, 0.2) is 30.3 Å². The fourth-order valence-corrected chi connectivity index (χ4v) is 1.37. The zero-order valence-corrected chi connectivity index (χ0v) is 10.2. The van der Waals surface area contributed by atoms with Crippen molar-refractivity contribution in [1.29, 1.82) is 0 Å². The second-order valence-corrected chi connectivity index (χ2v) is 3.88. The maximum Gasteiger partial charge on any atom is 0.267 e. The van der Waals surface area contributed by atoms with E-state index in [-0.39, 0.29) is 0 Å². The SMILES string of the molecule is CCN(C)Cc1ccc(/C=C/C(=O)NO)cc1. The Morgan fingerprint density at radius 1 is 1.41 bits per heavy atom. The summed E-state index contributed by atoms with van der Waals surface area (Å²) in [5, 5.41) is 8.33. The molecule has 0 aliphatic carbocycles. The summed E-state index contributed by atoms with van der Waals surface area (Å²) in [4.78, 5) is 13.0.